The standard InChI is InChI=1S/C30H21FN2/c31-22-16-14-21(15-17-22)25-10-4-6-12-28(25)32-23-18-19-30-27(20-23)26-11-5-7-13-29(26)33(30)24-8-2-1-3-9-24/h1-20,32H. The smallest absolute Gasteiger partial charge is 0.123 e. The summed E-state index contributed by atoms with van der Waals surface area (Å²) in [5, 5.41) is 6.00. The van der Waals surface area contributed by atoms with Crippen LogP contribution < -0.4 is 5.32 Å². The normalized spacial score (nSPS) is 11.2. The molecule has 0 atom stereocenters. The summed E-state index contributed by atoms with van der Waals surface area (Å²) in [5.74, 6) is -0.232. The number of halogens is 1. The van der Waals surface area contributed by atoms with Gasteiger partial charge in [-0.1, -0.05) is 66.7 Å². The zero-order valence-corrected chi connectivity index (χ0v) is 17.9. The van der Waals surface area contributed by atoms with Crippen molar-refractivity contribution in [3.63, 3.8) is 0 Å². The lowest BCUT2D eigenvalue weighted by atomic mass is 10.0. The molecule has 33 heavy (non-hydrogen) atoms. The second-order valence-corrected chi connectivity index (χ2v) is 8.10. The first-order valence-electron chi connectivity index (χ1n) is 11.0. The fraction of sp³-hybridized carbons (Fsp3) is 0. The third-order valence-corrected chi connectivity index (χ3v) is 6.05. The monoisotopic (exact) mass is 428 g/mol. The van der Waals surface area contributed by atoms with Gasteiger partial charge in [-0.2, -0.15) is 0 Å². The van der Waals surface area contributed by atoms with Gasteiger partial charge in [-0.3, -0.25) is 0 Å². The molecule has 0 unspecified atom stereocenters. The second-order valence-electron chi connectivity index (χ2n) is 8.10. The summed E-state index contributed by atoms with van der Waals surface area (Å²) in [7, 11) is 0. The molecule has 1 heterocycles. The largest absolute Gasteiger partial charge is 0.355 e. The predicted octanol–water partition coefficient (Wildman–Crippen LogP) is 8.33. The molecular weight excluding hydrogens is 407 g/mol. The summed E-state index contributed by atoms with van der Waals surface area (Å²) < 4.78 is 15.7. The average Bonchev–Trinajstić information content (AvgIpc) is 3.19. The Kier molecular flexibility index (Phi) is 4.66. The van der Waals surface area contributed by atoms with Gasteiger partial charge in [-0.25, -0.2) is 4.39 Å². The van der Waals surface area contributed by atoms with Crippen LogP contribution in [0.25, 0.3) is 38.6 Å². The molecule has 0 amide bonds. The minimum Gasteiger partial charge on any atom is -0.355 e. The number of nitrogens with zero attached hydrogens (tertiary/aromatic N) is 1. The first-order valence-corrected chi connectivity index (χ1v) is 11.0. The number of nitrogens with one attached hydrogen (secondary N) is 1. The fourth-order valence-electron chi connectivity index (χ4n) is 4.53. The molecule has 0 aliphatic rings. The SMILES string of the molecule is Fc1ccc(-c2ccccc2Nc2ccc3c(c2)c2ccccc2n3-c2ccccc2)cc1. The summed E-state index contributed by atoms with van der Waals surface area (Å²) in [6.45, 7) is 0. The van der Waals surface area contributed by atoms with E-state index in [0.29, 0.717) is 0 Å². The molecule has 0 saturated carbocycles. The van der Waals surface area contributed by atoms with Crippen LogP contribution >= 0.6 is 0 Å². The molecular formula is C30H21FN2. The van der Waals surface area contributed by atoms with Gasteiger partial charge in [0, 0.05) is 33.4 Å². The van der Waals surface area contributed by atoms with Gasteiger partial charge >= 0.3 is 0 Å². The van der Waals surface area contributed by atoms with E-state index in [0.717, 1.165) is 28.2 Å². The van der Waals surface area contributed by atoms with Crippen molar-refractivity contribution in [2.75, 3.05) is 5.32 Å². The molecule has 1 N–H and O–H groups in total. The first-order chi connectivity index (χ1) is 16.3. The molecule has 0 bridgehead atoms. The number of rotatable bonds is 4. The molecule has 158 valence electrons. The third-order valence-electron chi connectivity index (χ3n) is 6.05. The Bertz CT molecular complexity index is 1580. The Hall–Kier alpha value is -4.37. The molecule has 0 fully saturated rings. The molecule has 5 aromatic carbocycles. The number of aromatic nitrogens is 1. The van der Waals surface area contributed by atoms with E-state index in [-0.39, 0.29) is 5.82 Å². The second kappa shape index (κ2) is 7.95. The lowest BCUT2D eigenvalue weighted by Crippen LogP contribution is -1.95. The van der Waals surface area contributed by atoms with Gasteiger partial charge in [0.15, 0.2) is 0 Å². The van der Waals surface area contributed by atoms with Crippen molar-refractivity contribution in [3.8, 4) is 16.8 Å². The maximum Gasteiger partial charge on any atom is 0.123 e. The van der Waals surface area contributed by atoms with Crippen molar-refractivity contribution in [2.45, 2.75) is 0 Å². The number of para-hydroxylation sites is 3. The van der Waals surface area contributed by atoms with Gasteiger partial charge in [-0.05, 0) is 60.2 Å². The predicted molar refractivity (Wildman–Crippen MR) is 136 cm³/mol. The third kappa shape index (κ3) is 3.44. The molecule has 0 spiro atoms. The van der Waals surface area contributed by atoms with Crippen LogP contribution in [0.15, 0.2) is 121 Å². The Balaban J connectivity index is 1.47. The highest BCUT2D eigenvalue weighted by atomic mass is 19.1. The van der Waals surface area contributed by atoms with Crippen LogP contribution in [0.2, 0.25) is 0 Å². The van der Waals surface area contributed by atoms with Crippen LogP contribution in [0.1, 0.15) is 0 Å². The minimum absolute atomic E-state index is 0.232. The van der Waals surface area contributed by atoms with Crippen LogP contribution in [-0.4, -0.2) is 4.57 Å². The van der Waals surface area contributed by atoms with Gasteiger partial charge in [-0.15, -0.1) is 0 Å². The van der Waals surface area contributed by atoms with E-state index in [4.69, 9.17) is 0 Å². The number of hydrogen-bond donors (Lipinski definition) is 1. The molecule has 0 saturated heterocycles. The summed E-state index contributed by atoms with van der Waals surface area (Å²) in [6.07, 6.45) is 0. The maximum absolute atomic E-state index is 13.4. The summed E-state index contributed by atoms with van der Waals surface area (Å²) in [6, 6.07) is 40.2. The van der Waals surface area contributed by atoms with E-state index in [1.54, 1.807) is 0 Å². The van der Waals surface area contributed by atoms with Gasteiger partial charge in [0.1, 0.15) is 5.82 Å². The van der Waals surface area contributed by atoms with Crippen LogP contribution in [-0.2, 0) is 0 Å². The molecule has 0 aliphatic carbocycles. The van der Waals surface area contributed by atoms with Crippen LogP contribution in [0.5, 0.6) is 0 Å². The maximum atomic E-state index is 13.4. The molecule has 0 radical (unpaired) electrons. The molecule has 1 aromatic heterocycles. The van der Waals surface area contributed by atoms with Crippen molar-refractivity contribution in [1.82, 2.24) is 4.57 Å². The number of benzene rings is 5. The fourth-order valence-corrected chi connectivity index (χ4v) is 4.53. The molecule has 6 aromatic rings. The van der Waals surface area contributed by atoms with E-state index >= 15 is 0 Å². The number of hydrogen-bond acceptors (Lipinski definition) is 1. The van der Waals surface area contributed by atoms with Crippen molar-refractivity contribution >= 4 is 33.2 Å². The van der Waals surface area contributed by atoms with Crippen LogP contribution in [0, 0.1) is 5.82 Å². The zero-order chi connectivity index (χ0) is 22.2. The quantitative estimate of drug-likeness (QED) is 0.299. The van der Waals surface area contributed by atoms with Crippen molar-refractivity contribution in [3.05, 3.63) is 127 Å². The van der Waals surface area contributed by atoms with E-state index in [1.165, 1.54) is 33.9 Å². The molecule has 2 nitrogen and oxygen atoms in total. The van der Waals surface area contributed by atoms with Gasteiger partial charge in [0.2, 0.25) is 0 Å². The summed E-state index contributed by atoms with van der Waals surface area (Å²) >= 11 is 0. The Morgan fingerprint density at radius 2 is 1.27 bits per heavy atom. The molecule has 3 heteroatoms. The first kappa shape index (κ1) is 19.3. The van der Waals surface area contributed by atoms with Crippen LogP contribution in [0.3, 0.4) is 0 Å². The molecule has 6 rings (SSSR count). The van der Waals surface area contributed by atoms with E-state index in [1.807, 2.05) is 30.3 Å². The van der Waals surface area contributed by atoms with Gasteiger partial charge < -0.3 is 9.88 Å². The molecule has 0 aliphatic heterocycles. The van der Waals surface area contributed by atoms with E-state index < -0.39 is 0 Å². The lowest BCUT2D eigenvalue weighted by Gasteiger charge is -2.13. The highest BCUT2D eigenvalue weighted by molar-refractivity contribution is 6.10. The van der Waals surface area contributed by atoms with Gasteiger partial charge in [0.25, 0.3) is 0 Å². The average molecular weight is 429 g/mol. The van der Waals surface area contributed by atoms with E-state index in [2.05, 4.69) is 88.7 Å². The van der Waals surface area contributed by atoms with Crippen LogP contribution in [0.4, 0.5) is 15.8 Å². The van der Waals surface area contributed by atoms with Crippen molar-refractivity contribution < 1.29 is 4.39 Å². The number of fused-ring (bicyclic) bond motifs is 3. The Labute approximate surface area is 191 Å². The number of anilines is 2. The Morgan fingerprint density at radius 3 is 2.12 bits per heavy atom. The topological polar surface area (TPSA) is 17.0 Å². The highest BCUT2D eigenvalue weighted by Crippen LogP contribution is 2.35. The summed E-state index contributed by atoms with van der Waals surface area (Å²) in [5.41, 5.74) is 7.49. The summed E-state index contributed by atoms with van der Waals surface area (Å²) in [4.78, 5) is 0. The van der Waals surface area contributed by atoms with Crippen molar-refractivity contribution in [1.29, 1.82) is 0 Å². The lowest BCUT2D eigenvalue weighted by molar-refractivity contribution is 0.628. The van der Waals surface area contributed by atoms with Gasteiger partial charge in [0.05, 0.1) is 11.0 Å². The van der Waals surface area contributed by atoms with E-state index in [9.17, 15) is 4.39 Å². The zero-order valence-electron chi connectivity index (χ0n) is 17.9. The highest BCUT2D eigenvalue weighted by Gasteiger charge is 2.13. The minimum atomic E-state index is -0.232. The van der Waals surface area contributed by atoms with Crippen molar-refractivity contribution in [2.24, 2.45) is 0 Å². The Morgan fingerprint density at radius 1 is 0.576 bits per heavy atom.